The van der Waals surface area contributed by atoms with Crippen LogP contribution in [-0.4, -0.2) is 17.2 Å². The first-order valence-electron chi connectivity index (χ1n) is 4.77. The highest BCUT2D eigenvalue weighted by atomic mass is 79.9. The summed E-state index contributed by atoms with van der Waals surface area (Å²) in [7, 11) is 1.81. The number of nitrogens with one attached hydrogen (secondary N) is 1. The Kier molecular flexibility index (Phi) is 4.20. The molecule has 0 unspecified atom stereocenters. The third-order valence-electron chi connectivity index (χ3n) is 1.93. The highest BCUT2D eigenvalue weighted by Gasteiger charge is 2.06. The molecule has 0 amide bonds. The van der Waals surface area contributed by atoms with Gasteiger partial charge in [-0.1, -0.05) is 22.9 Å². The van der Waals surface area contributed by atoms with Gasteiger partial charge >= 0.3 is 0 Å². The molecule has 0 saturated heterocycles. The van der Waals surface area contributed by atoms with E-state index in [9.17, 15) is 0 Å². The molecular weight excluding hydrogens is 326 g/mol. The van der Waals surface area contributed by atoms with E-state index in [0.29, 0.717) is 11.6 Å². The number of nitrogens with zero attached hydrogens (tertiary/aromatic N) is 2. The maximum atomic E-state index is 5.84. The van der Waals surface area contributed by atoms with Crippen LogP contribution < -0.4 is 10.1 Å². The number of aromatic nitrogens is 2. The summed E-state index contributed by atoms with van der Waals surface area (Å²) in [6.45, 7) is 0.388. The van der Waals surface area contributed by atoms with E-state index < -0.39 is 0 Å². The first-order valence-corrected chi connectivity index (χ1v) is 6.76. The average Bonchev–Trinajstić information content (AvgIpc) is 2.76. The Morgan fingerprint density at radius 1 is 1.47 bits per heavy atom. The minimum absolute atomic E-state index is 0.388. The second kappa shape index (κ2) is 5.66. The zero-order chi connectivity index (χ0) is 12.3. The summed E-state index contributed by atoms with van der Waals surface area (Å²) in [5.41, 5.74) is 0. The quantitative estimate of drug-likeness (QED) is 0.928. The molecule has 0 aliphatic heterocycles. The Balaban J connectivity index is 2.02. The third kappa shape index (κ3) is 3.31. The van der Waals surface area contributed by atoms with Gasteiger partial charge in [-0.25, -0.2) is 0 Å². The SMILES string of the molecule is CNc1nnc(COc2ccc(Cl)cc2Br)s1. The van der Waals surface area contributed by atoms with Gasteiger partial charge in [-0.15, -0.1) is 10.2 Å². The molecule has 0 aliphatic carbocycles. The Labute approximate surface area is 116 Å². The zero-order valence-electron chi connectivity index (χ0n) is 8.91. The van der Waals surface area contributed by atoms with Crippen molar-refractivity contribution in [3.63, 3.8) is 0 Å². The van der Waals surface area contributed by atoms with Crippen LogP contribution in [0.1, 0.15) is 5.01 Å². The van der Waals surface area contributed by atoms with Crippen LogP contribution >= 0.6 is 38.9 Å². The number of rotatable bonds is 4. The molecule has 0 spiro atoms. The molecule has 0 radical (unpaired) electrons. The molecular formula is C10H9BrClN3OS. The first kappa shape index (κ1) is 12.6. The van der Waals surface area contributed by atoms with Crippen LogP contribution in [0.5, 0.6) is 5.75 Å². The molecule has 1 heterocycles. The van der Waals surface area contributed by atoms with Gasteiger partial charge in [-0.2, -0.15) is 0 Å². The van der Waals surface area contributed by atoms with Gasteiger partial charge in [0.25, 0.3) is 0 Å². The molecule has 0 atom stereocenters. The lowest BCUT2D eigenvalue weighted by atomic mass is 10.3. The van der Waals surface area contributed by atoms with Crippen molar-refractivity contribution in [1.82, 2.24) is 10.2 Å². The Morgan fingerprint density at radius 2 is 2.29 bits per heavy atom. The van der Waals surface area contributed by atoms with E-state index in [-0.39, 0.29) is 0 Å². The predicted octanol–water partition coefficient (Wildman–Crippen LogP) is 3.57. The number of anilines is 1. The fourth-order valence-corrected chi connectivity index (χ4v) is 2.55. The van der Waals surface area contributed by atoms with E-state index in [2.05, 4.69) is 31.4 Å². The molecule has 1 aromatic heterocycles. The largest absolute Gasteiger partial charge is 0.485 e. The number of benzene rings is 1. The fourth-order valence-electron chi connectivity index (χ4n) is 1.14. The lowest BCUT2D eigenvalue weighted by Gasteiger charge is -2.05. The number of halogens is 2. The third-order valence-corrected chi connectivity index (χ3v) is 3.69. The summed E-state index contributed by atoms with van der Waals surface area (Å²) in [5.74, 6) is 0.732. The van der Waals surface area contributed by atoms with Crippen molar-refractivity contribution in [2.45, 2.75) is 6.61 Å². The molecule has 4 nitrogen and oxygen atoms in total. The fraction of sp³-hybridized carbons (Fsp3) is 0.200. The Hall–Kier alpha value is -0.850. The molecule has 2 rings (SSSR count). The smallest absolute Gasteiger partial charge is 0.205 e. The van der Waals surface area contributed by atoms with Gasteiger partial charge in [0, 0.05) is 12.1 Å². The van der Waals surface area contributed by atoms with Gasteiger partial charge < -0.3 is 10.1 Å². The molecule has 0 aliphatic rings. The van der Waals surface area contributed by atoms with Crippen molar-refractivity contribution in [3.8, 4) is 5.75 Å². The minimum atomic E-state index is 0.388. The molecule has 17 heavy (non-hydrogen) atoms. The summed E-state index contributed by atoms with van der Waals surface area (Å²) in [4.78, 5) is 0. The predicted molar refractivity (Wildman–Crippen MR) is 72.9 cm³/mol. The summed E-state index contributed by atoms with van der Waals surface area (Å²) in [6, 6.07) is 5.38. The standard InChI is InChI=1S/C10H9BrClN3OS/c1-13-10-15-14-9(17-10)5-16-8-3-2-6(12)4-7(8)11/h2-4H,5H2,1H3,(H,13,15). The molecule has 1 N–H and O–H groups in total. The number of hydrogen-bond acceptors (Lipinski definition) is 5. The molecule has 7 heteroatoms. The average molecular weight is 335 g/mol. The monoisotopic (exact) mass is 333 g/mol. The Bertz CT molecular complexity index is 520. The summed E-state index contributed by atoms with van der Waals surface area (Å²) < 4.78 is 6.43. The van der Waals surface area contributed by atoms with Crippen molar-refractivity contribution in [2.24, 2.45) is 0 Å². The van der Waals surface area contributed by atoms with Crippen LogP contribution in [0.25, 0.3) is 0 Å². The summed E-state index contributed by atoms with van der Waals surface area (Å²) in [6.07, 6.45) is 0. The highest BCUT2D eigenvalue weighted by Crippen LogP contribution is 2.29. The van der Waals surface area contributed by atoms with Crippen molar-refractivity contribution in [2.75, 3.05) is 12.4 Å². The van der Waals surface area contributed by atoms with Gasteiger partial charge in [0.05, 0.1) is 4.47 Å². The second-order valence-electron chi connectivity index (χ2n) is 3.11. The molecule has 0 saturated carbocycles. The molecule has 0 bridgehead atoms. The highest BCUT2D eigenvalue weighted by molar-refractivity contribution is 9.10. The van der Waals surface area contributed by atoms with Crippen LogP contribution in [0, 0.1) is 0 Å². The molecule has 90 valence electrons. The van der Waals surface area contributed by atoms with Crippen molar-refractivity contribution in [1.29, 1.82) is 0 Å². The van der Waals surface area contributed by atoms with E-state index in [0.717, 1.165) is 20.4 Å². The normalized spacial score (nSPS) is 10.3. The maximum absolute atomic E-state index is 5.84. The lowest BCUT2D eigenvalue weighted by Crippen LogP contribution is -1.95. The summed E-state index contributed by atoms with van der Waals surface area (Å²) >= 11 is 10.7. The Morgan fingerprint density at radius 3 is 2.94 bits per heavy atom. The minimum Gasteiger partial charge on any atom is -0.485 e. The van der Waals surface area contributed by atoms with Gasteiger partial charge in [-0.05, 0) is 34.1 Å². The number of ether oxygens (including phenoxy) is 1. The van der Waals surface area contributed by atoms with Crippen LogP contribution in [0.2, 0.25) is 5.02 Å². The molecule has 1 aromatic carbocycles. The van der Waals surface area contributed by atoms with E-state index in [1.54, 1.807) is 19.2 Å². The van der Waals surface area contributed by atoms with Crippen LogP contribution in [0.3, 0.4) is 0 Å². The van der Waals surface area contributed by atoms with Crippen molar-refractivity contribution < 1.29 is 4.74 Å². The van der Waals surface area contributed by atoms with E-state index in [1.807, 2.05) is 6.07 Å². The lowest BCUT2D eigenvalue weighted by molar-refractivity contribution is 0.302. The van der Waals surface area contributed by atoms with E-state index in [1.165, 1.54) is 11.3 Å². The van der Waals surface area contributed by atoms with Gasteiger partial charge in [0.1, 0.15) is 12.4 Å². The van der Waals surface area contributed by atoms with Gasteiger partial charge in [0.15, 0.2) is 5.01 Å². The van der Waals surface area contributed by atoms with Crippen LogP contribution in [0.15, 0.2) is 22.7 Å². The van der Waals surface area contributed by atoms with Crippen molar-refractivity contribution >= 4 is 44.0 Å². The van der Waals surface area contributed by atoms with Crippen molar-refractivity contribution in [3.05, 3.63) is 32.7 Å². The molecule has 0 fully saturated rings. The first-order chi connectivity index (χ1) is 8.19. The van der Waals surface area contributed by atoms with E-state index in [4.69, 9.17) is 16.3 Å². The molecule has 2 aromatic rings. The van der Waals surface area contributed by atoms with Crippen LogP contribution in [0.4, 0.5) is 5.13 Å². The van der Waals surface area contributed by atoms with E-state index >= 15 is 0 Å². The van der Waals surface area contributed by atoms with Gasteiger partial charge in [0.2, 0.25) is 5.13 Å². The summed E-state index contributed by atoms with van der Waals surface area (Å²) in [5, 5.41) is 13.1. The van der Waals surface area contributed by atoms with Crippen LogP contribution in [-0.2, 0) is 6.61 Å². The zero-order valence-corrected chi connectivity index (χ0v) is 12.1. The topological polar surface area (TPSA) is 47.0 Å². The maximum Gasteiger partial charge on any atom is 0.205 e. The van der Waals surface area contributed by atoms with Gasteiger partial charge in [-0.3, -0.25) is 0 Å². The second-order valence-corrected chi connectivity index (χ2v) is 5.47. The number of hydrogen-bond donors (Lipinski definition) is 1.